The van der Waals surface area contributed by atoms with Gasteiger partial charge in [0, 0.05) is 11.9 Å². The van der Waals surface area contributed by atoms with Crippen molar-refractivity contribution in [2.24, 2.45) is 0 Å². The number of hydrogen-bond donors (Lipinski definition) is 1. The van der Waals surface area contributed by atoms with Crippen LogP contribution in [0.2, 0.25) is 0 Å². The van der Waals surface area contributed by atoms with Gasteiger partial charge in [0.1, 0.15) is 6.04 Å². The zero-order valence-electron chi connectivity index (χ0n) is 16.9. The second kappa shape index (κ2) is 7.71. The topological polar surface area (TPSA) is 79.4 Å². The molecule has 2 heterocycles. The SMILES string of the molecule is Cc1ccc(S(=O)(=O)N2CCCC2C(=O)Nc2nc3ccc4ccccc4c3s2)cc1. The van der Waals surface area contributed by atoms with E-state index in [1.807, 2.05) is 43.3 Å². The van der Waals surface area contributed by atoms with E-state index in [0.717, 1.165) is 26.6 Å². The maximum atomic E-state index is 13.1. The Bertz CT molecular complexity index is 1390. The first-order valence-electron chi connectivity index (χ1n) is 10.1. The lowest BCUT2D eigenvalue weighted by Gasteiger charge is -2.23. The lowest BCUT2D eigenvalue weighted by Crippen LogP contribution is -2.43. The minimum Gasteiger partial charge on any atom is -0.301 e. The quantitative estimate of drug-likeness (QED) is 0.494. The molecule has 1 amide bonds. The Hall–Kier alpha value is -2.81. The van der Waals surface area contributed by atoms with Crippen LogP contribution >= 0.6 is 11.3 Å². The van der Waals surface area contributed by atoms with E-state index in [2.05, 4.69) is 10.3 Å². The number of anilines is 1. The van der Waals surface area contributed by atoms with Gasteiger partial charge in [0.25, 0.3) is 0 Å². The molecule has 1 unspecified atom stereocenters. The van der Waals surface area contributed by atoms with Gasteiger partial charge in [-0.05, 0) is 43.4 Å². The second-order valence-electron chi connectivity index (χ2n) is 7.73. The van der Waals surface area contributed by atoms with Crippen LogP contribution < -0.4 is 5.32 Å². The number of fused-ring (bicyclic) bond motifs is 3. The van der Waals surface area contributed by atoms with Gasteiger partial charge in [0.15, 0.2) is 5.13 Å². The van der Waals surface area contributed by atoms with Crippen molar-refractivity contribution in [3.8, 4) is 0 Å². The minimum atomic E-state index is -3.74. The molecule has 31 heavy (non-hydrogen) atoms. The second-order valence-corrected chi connectivity index (χ2v) is 10.6. The number of carbonyl (C=O) groups excluding carboxylic acids is 1. The van der Waals surface area contributed by atoms with Crippen molar-refractivity contribution in [3.63, 3.8) is 0 Å². The summed E-state index contributed by atoms with van der Waals surface area (Å²) in [6, 6.07) is 18.0. The smallest absolute Gasteiger partial charge is 0.244 e. The number of aryl methyl sites for hydroxylation is 1. The number of nitrogens with one attached hydrogen (secondary N) is 1. The highest BCUT2D eigenvalue weighted by Gasteiger charge is 2.39. The molecule has 6 nitrogen and oxygen atoms in total. The number of thiazole rings is 1. The molecule has 0 bridgehead atoms. The molecule has 3 aromatic carbocycles. The third-order valence-electron chi connectivity index (χ3n) is 5.64. The zero-order valence-corrected chi connectivity index (χ0v) is 18.5. The van der Waals surface area contributed by atoms with Crippen molar-refractivity contribution in [2.45, 2.75) is 30.7 Å². The molecule has 4 aromatic rings. The van der Waals surface area contributed by atoms with Gasteiger partial charge in [-0.2, -0.15) is 4.31 Å². The number of benzene rings is 3. The third-order valence-corrected chi connectivity index (χ3v) is 8.59. The molecule has 8 heteroatoms. The number of aromatic nitrogens is 1. The van der Waals surface area contributed by atoms with Crippen molar-refractivity contribution < 1.29 is 13.2 Å². The maximum absolute atomic E-state index is 13.1. The molecule has 1 saturated heterocycles. The number of hydrogen-bond acceptors (Lipinski definition) is 5. The van der Waals surface area contributed by atoms with Crippen molar-refractivity contribution in [1.82, 2.24) is 9.29 Å². The fourth-order valence-corrected chi connectivity index (χ4v) is 6.69. The molecular weight excluding hydrogens is 430 g/mol. The van der Waals surface area contributed by atoms with E-state index < -0.39 is 16.1 Å². The van der Waals surface area contributed by atoms with E-state index >= 15 is 0 Å². The zero-order chi connectivity index (χ0) is 21.6. The molecule has 0 saturated carbocycles. The highest BCUT2D eigenvalue weighted by Crippen LogP contribution is 2.33. The van der Waals surface area contributed by atoms with Crippen LogP contribution in [0.15, 0.2) is 65.6 Å². The van der Waals surface area contributed by atoms with Crippen LogP contribution in [-0.4, -0.2) is 36.2 Å². The predicted octanol–water partition coefficient (Wildman–Crippen LogP) is 4.55. The Kier molecular flexibility index (Phi) is 5.00. The van der Waals surface area contributed by atoms with E-state index in [9.17, 15) is 13.2 Å². The first kappa shape index (κ1) is 20.1. The van der Waals surface area contributed by atoms with Gasteiger partial charge in [-0.15, -0.1) is 0 Å². The fraction of sp³-hybridized carbons (Fsp3) is 0.217. The van der Waals surface area contributed by atoms with Crippen LogP contribution in [0.3, 0.4) is 0 Å². The van der Waals surface area contributed by atoms with Crippen LogP contribution in [0.4, 0.5) is 5.13 Å². The summed E-state index contributed by atoms with van der Waals surface area (Å²) >= 11 is 1.41. The highest BCUT2D eigenvalue weighted by molar-refractivity contribution is 7.89. The standard InChI is InChI=1S/C23H21N3O3S2/c1-15-8-11-17(12-9-15)31(28,29)26-14-4-7-20(26)22(27)25-23-24-19-13-10-16-5-2-3-6-18(16)21(19)30-23/h2-3,5-6,8-13,20H,4,7,14H2,1H3,(H,24,25,27). The van der Waals surface area contributed by atoms with Gasteiger partial charge in [-0.1, -0.05) is 59.4 Å². The average molecular weight is 452 g/mol. The molecule has 0 spiro atoms. The third kappa shape index (κ3) is 3.60. The minimum absolute atomic E-state index is 0.212. The van der Waals surface area contributed by atoms with E-state index in [4.69, 9.17) is 0 Å². The van der Waals surface area contributed by atoms with Crippen molar-refractivity contribution in [3.05, 3.63) is 66.2 Å². The van der Waals surface area contributed by atoms with Crippen LogP contribution in [0.1, 0.15) is 18.4 Å². The molecule has 1 aliphatic rings. The Morgan fingerprint density at radius 1 is 1.10 bits per heavy atom. The average Bonchev–Trinajstić information content (AvgIpc) is 3.41. The monoisotopic (exact) mass is 451 g/mol. The predicted molar refractivity (Wildman–Crippen MR) is 124 cm³/mol. The van der Waals surface area contributed by atoms with E-state index in [0.29, 0.717) is 24.5 Å². The summed E-state index contributed by atoms with van der Waals surface area (Å²) in [5, 5.41) is 5.54. The van der Waals surface area contributed by atoms with Crippen LogP contribution in [0, 0.1) is 6.92 Å². The normalized spacial score (nSPS) is 17.4. The summed E-state index contributed by atoms with van der Waals surface area (Å²) in [6.07, 6.45) is 1.14. The molecule has 1 atom stereocenters. The molecular formula is C23H21N3O3S2. The summed E-state index contributed by atoms with van der Waals surface area (Å²) in [6.45, 7) is 2.24. The van der Waals surface area contributed by atoms with Gasteiger partial charge in [-0.25, -0.2) is 13.4 Å². The van der Waals surface area contributed by atoms with Gasteiger partial charge in [-0.3, -0.25) is 4.79 Å². The van der Waals surface area contributed by atoms with Gasteiger partial charge < -0.3 is 5.32 Å². The summed E-state index contributed by atoms with van der Waals surface area (Å²) in [5.74, 6) is -0.337. The number of amides is 1. The fourth-order valence-electron chi connectivity index (χ4n) is 4.03. The summed E-state index contributed by atoms with van der Waals surface area (Å²) < 4.78 is 28.6. The molecule has 5 rings (SSSR count). The van der Waals surface area contributed by atoms with E-state index in [1.54, 1.807) is 24.3 Å². The Morgan fingerprint density at radius 3 is 2.68 bits per heavy atom. The number of sulfonamides is 1. The van der Waals surface area contributed by atoms with Crippen LogP contribution in [0.25, 0.3) is 21.0 Å². The summed E-state index contributed by atoms with van der Waals surface area (Å²) in [4.78, 5) is 17.8. The highest BCUT2D eigenvalue weighted by atomic mass is 32.2. The van der Waals surface area contributed by atoms with Gasteiger partial charge in [0.05, 0.1) is 15.1 Å². The largest absolute Gasteiger partial charge is 0.301 e. The van der Waals surface area contributed by atoms with Gasteiger partial charge >= 0.3 is 0 Å². The molecule has 1 N–H and O–H groups in total. The maximum Gasteiger partial charge on any atom is 0.244 e. The molecule has 1 aromatic heterocycles. The van der Waals surface area contributed by atoms with E-state index in [1.165, 1.54) is 15.6 Å². The van der Waals surface area contributed by atoms with Crippen LogP contribution in [0.5, 0.6) is 0 Å². The molecule has 0 aliphatic carbocycles. The first-order valence-corrected chi connectivity index (χ1v) is 12.4. The van der Waals surface area contributed by atoms with Crippen molar-refractivity contribution in [2.75, 3.05) is 11.9 Å². The number of nitrogens with zero attached hydrogens (tertiary/aromatic N) is 2. The summed E-state index contributed by atoms with van der Waals surface area (Å²) in [5.41, 5.74) is 1.80. The lowest BCUT2D eigenvalue weighted by molar-refractivity contribution is -0.119. The molecule has 158 valence electrons. The summed E-state index contributed by atoms with van der Waals surface area (Å²) in [7, 11) is -3.74. The Morgan fingerprint density at radius 2 is 1.87 bits per heavy atom. The Balaban J connectivity index is 1.42. The van der Waals surface area contributed by atoms with Crippen LogP contribution in [-0.2, 0) is 14.8 Å². The van der Waals surface area contributed by atoms with Crippen molar-refractivity contribution >= 4 is 53.4 Å². The van der Waals surface area contributed by atoms with E-state index in [-0.39, 0.29) is 10.8 Å². The molecule has 1 aliphatic heterocycles. The number of rotatable bonds is 4. The molecule has 0 radical (unpaired) electrons. The van der Waals surface area contributed by atoms with Crippen molar-refractivity contribution in [1.29, 1.82) is 0 Å². The number of carbonyl (C=O) groups is 1. The molecule has 1 fully saturated rings. The lowest BCUT2D eigenvalue weighted by atomic mass is 10.1. The van der Waals surface area contributed by atoms with Gasteiger partial charge in [0.2, 0.25) is 15.9 Å². The first-order chi connectivity index (χ1) is 14.9. The Labute approximate surface area is 184 Å².